The predicted octanol–water partition coefficient (Wildman–Crippen LogP) is 1.91. The van der Waals surface area contributed by atoms with Crippen molar-refractivity contribution in [2.75, 3.05) is 19.8 Å². The number of nitrogens with one attached hydrogen (secondary N) is 1. The van der Waals surface area contributed by atoms with Crippen LogP contribution in [0.25, 0.3) is 0 Å². The number of carbonyl (C=O) groups excluding carboxylic acids is 1. The van der Waals surface area contributed by atoms with Gasteiger partial charge >= 0.3 is 5.97 Å². The van der Waals surface area contributed by atoms with Gasteiger partial charge in [0.05, 0.1) is 19.8 Å². The summed E-state index contributed by atoms with van der Waals surface area (Å²) in [4.78, 5) is 12.0. The Morgan fingerprint density at radius 3 is 2.74 bits per heavy atom. The Labute approximate surface area is 114 Å². The van der Waals surface area contributed by atoms with E-state index in [4.69, 9.17) is 15.9 Å². The maximum atomic E-state index is 12.0. The first-order chi connectivity index (χ1) is 9.24. The first-order valence-corrected chi connectivity index (χ1v) is 6.29. The number of esters is 1. The highest BCUT2D eigenvalue weighted by molar-refractivity contribution is 5.78. The molecule has 4 nitrogen and oxygen atoms in total. The topological polar surface area (TPSA) is 47.6 Å². The first-order valence-electron chi connectivity index (χ1n) is 6.29. The lowest BCUT2D eigenvalue weighted by Gasteiger charge is -2.19. The van der Waals surface area contributed by atoms with Crippen molar-refractivity contribution in [3.63, 3.8) is 0 Å². The zero-order valence-electron chi connectivity index (χ0n) is 11.3. The van der Waals surface area contributed by atoms with E-state index in [1.165, 1.54) is 0 Å². The molecule has 0 radical (unpaired) electrons. The molecule has 0 spiro atoms. The van der Waals surface area contributed by atoms with Gasteiger partial charge < -0.3 is 9.47 Å². The fourth-order valence-electron chi connectivity index (χ4n) is 1.71. The largest absolute Gasteiger partial charge is 0.494 e. The van der Waals surface area contributed by atoms with E-state index in [1.54, 1.807) is 6.92 Å². The Morgan fingerprint density at radius 1 is 1.37 bits per heavy atom. The van der Waals surface area contributed by atoms with Crippen LogP contribution in [-0.2, 0) is 9.53 Å². The average Bonchev–Trinajstić information content (AvgIpc) is 2.41. The molecule has 0 aliphatic heterocycles. The molecule has 0 aliphatic rings. The number of benzene rings is 1. The monoisotopic (exact) mass is 261 g/mol. The third-order valence-corrected chi connectivity index (χ3v) is 2.46. The second-order valence-electron chi connectivity index (χ2n) is 3.74. The highest BCUT2D eigenvalue weighted by Gasteiger charge is 2.24. The zero-order chi connectivity index (χ0) is 14.1. The molecule has 0 heterocycles. The maximum absolute atomic E-state index is 12.0. The van der Waals surface area contributed by atoms with E-state index in [-0.39, 0.29) is 12.5 Å². The predicted molar refractivity (Wildman–Crippen MR) is 73.8 cm³/mol. The highest BCUT2D eigenvalue weighted by atomic mass is 16.5. The van der Waals surface area contributed by atoms with Gasteiger partial charge in [0.1, 0.15) is 11.8 Å². The minimum atomic E-state index is -0.612. The van der Waals surface area contributed by atoms with Gasteiger partial charge in [-0.25, -0.2) is 4.79 Å². The van der Waals surface area contributed by atoms with Crippen molar-refractivity contribution in [3.05, 3.63) is 29.8 Å². The van der Waals surface area contributed by atoms with Crippen LogP contribution >= 0.6 is 0 Å². The number of hydrogen-bond donors (Lipinski definition) is 1. The van der Waals surface area contributed by atoms with Crippen LogP contribution in [0.3, 0.4) is 0 Å². The second-order valence-corrected chi connectivity index (χ2v) is 3.74. The summed E-state index contributed by atoms with van der Waals surface area (Å²) in [6.45, 7) is 4.80. The Bertz CT molecular complexity index is 451. The van der Waals surface area contributed by atoms with Gasteiger partial charge in [-0.2, -0.15) is 0 Å². The third-order valence-electron chi connectivity index (χ3n) is 2.46. The van der Waals surface area contributed by atoms with E-state index >= 15 is 0 Å². The molecule has 0 aliphatic carbocycles. The number of ether oxygens (including phenoxy) is 2. The summed E-state index contributed by atoms with van der Waals surface area (Å²) >= 11 is 0. The zero-order valence-corrected chi connectivity index (χ0v) is 11.3. The van der Waals surface area contributed by atoms with Crippen LogP contribution in [0.2, 0.25) is 0 Å². The van der Waals surface area contributed by atoms with Gasteiger partial charge in [-0.15, -0.1) is 6.42 Å². The first kappa shape index (κ1) is 15.1. The summed E-state index contributed by atoms with van der Waals surface area (Å²) in [5.41, 5.74) is 0.734. The van der Waals surface area contributed by atoms with Crippen molar-refractivity contribution in [1.29, 1.82) is 0 Å². The summed E-state index contributed by atoms with van der Waals surface area (Å²) in [6, 6.07) is 6.75. The Kier molecular flexibility index (Phi) is 6.48. The lowest BCUT2D eigenvalue weighted by Crippen LogP contribution is -2.31. The molecular weight excluding hydrogens is 242 g/mol. The van der Waals surface area contributed by atoms with E-state index in [2.05, 4.69) is 11.2 Å². The summed E-state index contributed by atoms with van der Waals surface area (Å²) in [7, 11) is 0. The van der Waals surface area contributed by atoms with Crippen molar-refractivity contribution >= 4 is 5.97 Å². The minimum absolute atomic E-state index is 0.282. The molecule has 0 aromatic heterocycles. The summed E-state index contributed by atoms with van der Waals surface area (Å²) < 4.78 is 10.6. The molecule has 0 fully saturated rings. The van der Waals surface area contributed by atoms with Crippen LogP contribution in [0.5, 0.6) is 5.75 Å². The fraction of sp³-hybridized carbons (Fsp3) is 0.400. The Hall–Kier alpha value is -1.99. The van der Waals surface area contributed by atoms with E-state index in [9.17, 15) is 4.79 Å². The van der Waals surface area contributed by atoms with Gasteiger partial charge in [-0.3, -0.25) is 5.32 Å². The molecule has 4 heteroatoms. The van der Waals surface area contributed by atoms with Crippen molar-refractivity contribution < 1.29 is 14.3 Å². The summed E-state index contributed by atoms with van der Waals surface area (Å²) in [6.07, 6.45) is 5.23. The smallest absolute Gasteiger partial charge is 0.327 e. The molecule has 1 rings (SSSR count). The lowest BCUT2D eigenvalue weighted by atomic mass is 10.1. The third kappa shape index (κ3) is 4.31. The van der Waals surface area contributed by atoms with Gasteiger partial charge in [-0.1, -0.05) is 24.1 Å². The van der Waals surface area contributed by atoms with Crippen molar-refractivity contribution in [2.24, 2.45) is 0 Å². The standard InChI is InChI=1S/C15H19NO3/c1-4-11-16-14(15(17)19-6-3)12-9-7-8-10-13(12)18-5-2/h1,7-10,14,16H,5-6,11H2,2-3H3. The number of rotatable bonds is 7. The van der Waals surface area contributed by atoms with Crippen LogP contribution in [0.15, 0.2) is 24.3 Å². The molecular formula is C15H19NO3. The molecule has 1 unspecified atom stereocenters. The van der Waals surface area contributed by atoms with E-state index in [0.717, 1.165) is 5.56 Å². The van der Waals surface area contributed by atoms with Gasteiger partial charge in [0.25, 0.3) is 0 Å². The molecule has 1 aromatic rings. The van der Waals surface area contributed by atoms with Crippen LogP contribution in [0.1, 0.15) is 25.5 Å². The number of terminal acetylenes is 1. The molecule has 19 heavy (non-hydrogen) atoms. The van der Waals surface area contributed by atoms with Gasteiger partial charge in [-0.05, 0) is 19.9 Å². The van der Waals surface area contributed by atoms with Crippen molar-refractivity contribution in [3.8, 4) is 18.1 Å². The van der Waals surface area contributed by atoms with Crippen molar-refractivity contribution in [1.82, 2.24) is 5.32 Å². The molecule has 1 aromatic carbocycles. The van der Waals surface area contributed by atoms with Gasteiger partial charge in [0.2, 0.25) is 0 Å². The number of hydrogen-bond acceptors (Lipinski definition) is 4. The lowest BCUT2D eigenvalue weighted by molar-refractivity contribution is -0.145. The average molecular weight is 261 g/mol. The highest BCUT2D eigenvalue weighted by Crippen LogP contribution is 2.26. The molecule has 102 valence electrons. The molecule has 0 bridgehead atoms. The molecule has 0 saturated heterocycles. The molecule has 0 amide bonds. The van der Waals surface area contributed by atoms with E-state index in [0.29, 0.717) is 19.0 Å². The molecule has 1 atom stereocenters. The van der Waals surface area contributed by atoms with E-state index < -0.39 is 6.04 Å². The van der Waals surface area contributed by atoms with Crippen LogP contribution in [-0.4, -0.2) is 25.7 Å². The Morgan fingerprint density at radius 2 is 2.11 bits per heavy atom. The van der Waals surface area contributed by atoms with Crippen LogP contribution < -0.4 is 10.1 Å². The fourth-order valence-corrected chi connectivity index (χ4v) is 1.71. The summed E-state index contributed by atoms with van der Waals surface area (Å²) in [5.74, 6) is 2.76. The minimum Gasteiger partial charge on any atom is -0.494 e. The quantitative estimate of drug-likeness (QED) is 0.601. The van der Waals surface area contributed by atoms with E-state index in [1.807, 2.05) is 31.2 Å². The SMILES string of the molecule is C#CCNC(C(=O)OCC)c1ccccc1OCC. The maximum Gasteiger partial charge on any atom is 0.327 e. The summed E-state index contributed by atoms with van der Waals surface area (Å²) in [5, 5.41) is 2.98. The second kappa shape index (κ2) is 8.17. The Balaban J connectivity index is 3.02. The molecule has 1 N–H and O–H groups in total. The van der Waals surface area contributed by atoms with Gasteiger partial charge in [0, 0.05) is 5.56 Å². The molecule has 0 saturated carbocycles. The van der Waals surface area contributed by atoms with Crippen LogP contribution in [0.4, 0.5) is 0 Å². The number of carbonyl (C=O) groups is 1. The number of para-hydroxylation sites is 1. The van der Waals surface area contributed by atoms with Gasteiger partial charge in [0.15, 0.2) is 0 Å². The van der Waals surface area contributed by atoms with Crippen LogP contribution in [0, 0.1) is 12.3 Å². The normalized spacial score (nSPS) is 11.4. The van der Waals surface area contributed by atoms with Crippen molar-refractivity contribution in [2.45, 2.75) is 19.9 Å².